The van der Waals surface area contributed by atoms with Gasteiger partial charge in [0, 0.05) is 32.7 Å². The zero-order valence-corrected chi connectivity index (χ0v) is 17.6. The molecule has 0 radical (unpaired) electrons. The Morgan fingerprint density at radius 2 is 1.72 bits per heavy atom. The zero-order chi connectivity index (χ0) is 22.9. The van der Waals surface area contributed by atoms with Crippen molar-refractivity contribution < 1.29 is 23.1 Å². The Morgan fingerprint density at radius 1 is 1.00 bits per heavy atom. The first-order chi connectivity index (χ1) is 15.2. The molecule has 0 amide bonds. The Morgan fingerprint density at radius 3 is 2.41 bits per heavy atom. The molecule has 32 heavy (non-hydrogen) atoms. The minimum Gasteiger partial charge on any atom is -0.481 e. The normalized spacial score (nSPS) is 15.3. The summed E-state index contributed by atoms with van der Waals surface area (Å²) in [6, 6.07) is 11.0. The Balaban J connectivity index is 1.44. The lowest BCUT2D eigenvalue weighted by atomic mass is 10.1. The molecule has 0 bridgehead atoms. The molecule has 0 saturated carbocycles. The van der Waals surface area contributed by atoms with E-state index < -0.39 is 17.7 Å². The van der Waals surface area contributed by atoms with Crippen LogP contribution in [0.1, 0.15) is 22.4 Å². The van der Waals surface area contributed by atoms with Gasteiger partial charge in [-0.25, -0.2) is 9.97 Å². The van der Waals surface area contributed by atoms with Crippen LogP contribution in [0, 0.1) is 6.92 Å². The maximum Gasteiger partial charge on any atom is 0.416 e. The van der Waals surface area contributed by atoms with E-state index >= 15 is 0 Å². The average molecular weight is 444 g/mol. The molecule has 9 heteroatoms. The van der Waals surface area contributed by atoms with E-state index in [9.17, 15) is 18.0 Å². The summed E-state index contributed by atoms with van der Waals surface area (Å²) in [7, 11) is 0. The van der Waals surface area contributed by atoms with Crippen LogP contribution in [0.5, 0.6) is 0 Å². The summed E-state index contributed by atoms with van der Waals surface area (Å²) in [6.07, 6.45) is -4.40. The van der Waals surface area contributed by atoms with Crippen molar-refractivity contribution in [3.8, 4) is 0 Å². The lowest BCUT2D eigenvalue weighted by molar-refractivity contribution is -0.138. The largest absolute Gasteiger partial charge is 0.481 e. The summed E-state index contributed by atoms with van der Waals surface area (Å²) < 4.78 is 38.9. The third-order valence-corrected chi connectivity index (χ3v) is 5.57. The smallest absolute Gasteiger partial charge is 0.416 e. The topological polar surface area (TPSA) is 69.6 Å². The van der Waals surface area contributed by atoms with Gasteiger partial charge in [0.25, 0.3) is 0 Å². The molecule has 1 fully saturated rings. The highest BCUT2D eigenvalue weighted by Gasteiger charge is 2.31. The van der Waals surface area contributed by atoms with E-state index in [2.05, 4.69) is 19.8 Å². The van der Waals surface area contributed by atoms with Gasteiger partial charge in [-0.3, -0.25) is 9.69 Å². The minimum atomic E-state index is -4.41. The fourth-order valence-corrected chi connectivity index (χ4v) is 4.00. The number of aromatic nitrogens is 2. The van der Waals surface area contributed by atoms with Gasteiger partial charge >= 0.3 is 12.1 Å². The number of anilines is 1. The molecular weight excluding hydrogens is 421 g/mol. The number of alkyl halides is 3. The van der Waals surface area contributed by atoms with Crippen LogP contribution in [0.25, 0.3) is 11.0 Å². The molecule has 1 N–H and O–H groups in total. The number of hydrogen-bond acceptors (Lipinski definition) is 5. The van der Waals surface area contributed by atoms with Gasteiger partial charge in [-0.1, -0.05) is 24.3 Å². The van der Waals surface area contributed by atoms with Crippen LogP contribution >= 0.6 is 0 Å². The molecule has 0 spiro atoms. The van der Waals surface area contributed by atoms with Crippen molar-refractivity contribution >= 4 is 22.8 Å². The molecule has 0 aliphatic carbocycles. The predicted octanol–water partition coefficient (Wildman–Crippen LogP) is 3.91. The van der Waals surface area contributed by atoms with Crippen molar-refractivity contribution in [1.82, 2.24) is 14.9 Å². The fourth-order valence-electron chi connectivity index (χ4n) is 4.00. The first kappa shape index (κ1) is 22.0. The molecule has 1 saturated heterocycles. The second-order valence-electron chi connectivity index (χ2n) is 7.99. The minimum absolute atomic E-state index is 0.00594. The number of hydrogen-bond donors (Lipinski definition) is 1. The Labute approximate surface area is 183 Å². The number of carbonyl (C=O) groups is 1. The summed E-state index contributed by atoms with van der Waals surface area (Å²) >= 11 is 0. The number of halogens is 3. The van der Waals surface area contributed by atoms with E-state index in [1.165, 1.54) is 6.07 Å². The summed E-state index contributed by atoms with van der Waals surface area (Å²) in [6.45, 7) is 5.50. The highest BCUT2D eigenvalue weighted by atomic mass is 19.4. The third-order valence-electron chi connectivity index (χ3n) is 5.57. The number of rotatable bonds is 5. The van der Waals surface area contributed by atoms with Crippen molar-refractivity contribution in [3.05, 3.63) is 64.8 Å². The number of aliphatic carboxylic acids is 1. The zero-order valence-electron chi connectivity index (χ0n) is 17.6. The van der Waals surface area contributed by atoms with Crippen molar-refractivity contribution in [2.24, 2.45) is 0 Å². The van der Waals surface area contributed by atoms with E-state index in [1.54, 1.807) is 6.92 Å². The summed E-state index contributed by atoms with van der Waals surface area (Å²) in [5.41, 5.74) is 2.40. The highest BCUT2D eigenvalue weighted by molar-refractivity contribution is 5.77. The first-order valence-corrected chi connectivity index (χ1v) is 10.3. The molecule has 0 atom stereocenters. The predicted molar refractivity (Wildman–Crippen MR) is 115 cm³/mol. The van der Waals surface area contributed by atoms with Gasteiger partial charge in [0.15, 0.2) is 5.82 Å². The average Bonchev–Trinajstić information content (AvgIpc) is 2.72. The second-order valence-corrected chi connectivity index (χ2v) is 7.99. The van der Waals surface area contributed by atoms with Gasteiger partial charge in [0.2, 0.25) is 0 Å². The number of carboxylic acid groups (broad SMARTS) is 1. The molecular formula is C23H23F3N4O2. The quantitative estimate of drug-likeness (QED) is 0.644. The molecule has 6 nitrogen and oxygen atoms in total. The molecule has 1 aromatic heterocycles. The van der Waals surface area contributed by atoms with E-state index in [0.717, 1.165) is 56.0 Å². The van der Waals surface area contributed by atoms with E-state index in [4.69, 9.17) is 5.11 Å². The number of benzene rings is 2. The SMILES string of the molecule is Cc1nc2cc(C(F)(F)F)ccc2nc1N1CCN(Cc2cccc(CC(=O)O)c2)CC1. The van der Waals surface area contributed by atoms with Crippen molar-refractivity contribution in [3.63, 3.8) is 0 Å². The lowest BCUT2D eigenvalue weighted by Gasteiger charge is -2.36. The summed E-state index contributed by atoms with van der Waals surface area (Å²) in [5, 5.41) is 8.98. The molecule has 1 aliphatic rings. The molecule has 2 heterocycles. The number of fused-ring (bicyclic) bond motifs is 1. The molecule has 0 unspecified atom stereocenters. The maximum absolute atomic E-state index is 13.0. The van der Waals surface area contributed by atoms with Crippen LogP contribution < -0.4 is 4.90 Å². The van der Waals surface area contributed by atoms with Gasteiger partial charge in [-0.05, 0) is 36.2 Å². The van der Waals surface area contributed by atoms with E-state index in [1.807, 2.05) is 24.3 Å². The molecule has 1 aliphatic heterocycles. The summed E-state index contributed by atoms with van der Waals surface area (Å²) in [4.78, 5) is 24.3. The summed E-state index contributed by atoms with van der Waals surface area (Å²) in [5.74, 6) is -0.155. The van der Waals surface area contributed by atoms with Crippen LogP contribution in [0.2, 0.25) is 0 Å². The third kappa shape index (κ3) is 4.99. The van der Waals surface area contributed by atoms with E-state index in [0.29, 0.717) is 17.0 Å². The standard InChI is InChI=1S/C23H23F3N4O2/c1-15-22(28-19-6-5-18(23(24,25)26)13-20(19)27-15)30-9-7-29(8-10-30)14-17-4-2-3-16(11-17)12-21(31)32/h2-6,11,13H,7-10,12,14H2,1H3,(H,31,32). The fraction of sp³-hybridized carbons (Fsp3) is 0.348. The number of piperazine rings is 1. The van der Waals surface area contributed by atoms with Crippen LogP contribution in [-0.4, -0.2) is 52.1 Å². The number of aryl methyl sites for hydroxylation is 1. The van der Waals surface area contributed by atoms with Gasteiger partial charge in [0.1, 0.15) is 0 Å². The van der Waals surface area contributed by atoms with Gasteiger partial charge in [-0.2, -0.15) is 13.2 Å². The van der Waals surface area contributed by atoms with Crippen LogP contribution in [0.4, 0.5) is 19.0 Å². The number of nitrogens with zero attached hydrogens (tertiary/aromatic N) is 4. The van der Waals surface area contributed by atoms with Crippen LogP contribution in [0.15, 0.2) is 42.5 Å². The first-order valence-electron chi connectivity index (χ1n) is 10.3. The van der Waals surface area contributed by atoms with Crippen LogP contribution in [-0.2, 0) is 23.9 Å². The van der Waals surface area contributed by atoms with Crippen LogP contribution in [0.3, 0.4) is 0 Å². The monoisotopic (exact) mass is 444 g/mol. The van der Waals surface area contributed by atoms with Crippen molar-refractivity contribution in [1.29, 1.82) is 0 Å². The molecule has 4 rings (SSSR count). The Bertz CT molecular complexity index is 1140. The number of carboxylic acids is 1. The molecule has 168 valence electrons. The van der Waals surface area contributed by atoms with Gasteiger partial charge in [0.05, 0.1) is 28.7 Å². The van der Waals surface area contributed by atoms with Crippen molar-refractivity contribution in [2.45, 2.75) is 26.1 Å². The lowest BCUT2D eigenvalue weighted by Crippen LogP contribution is -2.46. The van der Waals surface area contributed by atoms with E-state index in [-0.39, 0.29) is 11.9 Å². The molecule has 3 aromatic rings. The maximum atomic E-state index is 13.0. The van der Waals surface area contributed by atoms with Crippen molar-refractivity contribution in [2.75, 3.05) is 31.1 Å². The Hall–Kier alpha value is -3.20. The highest BCUT2D eigenvalue weighted by Crippen LogP contribution is 2.31. The van der Waals surface area contributed by atoms with Gasteiger partial charge < -0.3 is 10.0 Å². The van der Waals surface area contributed by atoms with Gasteiger partial charge in [-0.15, -0.1) is 0 Å². The second kappa shape index (κ2) is 8.74. The molecule has 2 aromatic carbocycles. The Kier molecular flexibility index (Phi) is 6.01.